The summed E-state index contributed by atoms with van der Waals surface area (Å²) in [5.41, 5.74) is 2.20. The fourth-order valence-electron chi connectivity index (χ4n) is 2.31. The Morgan fingerprint density at radius 1 is 0.913 bits per heavy atom. The molecule has 0 aliphatic carbocycles. The first-order valence-corrected chi connectivity index (χ1v) is 7.84. The van der Waals surface area contributed by atoms with Gasteiger partial charge < -0.3 is 10.6 Å². The average Bonchev–Trinajstić information content (AvgIpc) is 2.60. The van der Waals surface area contributed by atoms with Crippen molar-refractivity contribution in [1.29, 1.82) is 0 Å². The van der Waals surface area contributed by atoms with Crippen molar-refractivity contribution in [2.75, 3.05) is 6.54 Å². The Morgan fingerprint density at radius 2 is 1.52 bits per heavy atom. The van der Waals surface area contributed by atoms with Gasteiger partial charge in [-0.2, -0.15) is 0 Å². The lowest BCUT2D eigenvalue weighted by Crippen LogP contribution is -2.41. The maximum absolute atomic E-state index is 11.9. The van der Waals surface area contributed by atoms with Crippen LogP contribution in [0.4, 0.5) is 0 Å². The van der Waals surface area contributed by atoms with Gasteiger partial charge in [0.25, 0.3) is 0 Å². The highest BCUT2D eigenvalue weighted by Crippen LogP contribution is 2.10. The van der Waals surface area contributed by atoms with Gasteiger partial charge in [-0.15, -0.1) is 0 Å². The number of benzene rings is 2. The van der Waals surface area contributed by atoms with Crippen molar-refractivity contribution >= 4 is 11.8 Å². The highest BCUT2D eigenvalue weighted by molar-refractivity contribution is 6.35. The molecular formula is C19H22N2O2. The zero-order valence-corrected chi connectivity index (χ0v) is 13.3. The molecular weight excluding hydrogens is 288 g/mol. The molecule has 0 radical (unpaired) electrons. The van der Waals surface area contributed by atoms with Crippen LogP contribution in [0.5, 0.6) is 0 Å². The summed E-state index contributed by atoms with van der Waals surface area (Å²) in [6.45, 7) is 2.34. The van der Waals surface area contributed by atoms with Gasteiger partial charge in [0.1, 0.15) is 0 Å². The van der Waals surface area contributed by atoms with Crippen LogP contribution in [0.25, 0.3) is 0 Å². The van der Waals surface area contributed by atoms with E-state index in [0.717, 1.165) is 18.4 Å². The van der Waals surface area contributed by atoms with Crippen LogP contribution in [0.1, 0.15) is 30.5 Å². The Kier molecular flexibility index (Phi) is 6.36. The first-order valence-electron chi connectivity index (χ1n) is 7.84. The second kappa shape index (κ2) is 8.73. The first kappa shape index (κ1) is 16.7. The molecule has 23 heavy (non-hydrogen) atoms. The predicted molar refractivity (Wildman–Crippen MR) is 90.8 cm³/mol. The molecule has 0 bridgehead atoms. The second-order valence-corrected chi connectivity index (χ2v) is 5.45. The largest absolute Gasteiger partial charge is 0.348 e. The molecule has 0 aromatic heterocycles. The summed E-state index contributed by atoms with van der Waals surface area (Å²) in [6, 6.07) is 19.4. The summed E-state index contributed by atoms with van der Waals surface area (Å²) in [6.07, 6.45) is 1.68. The Balaban J connectivity index is 1.70. The maximum Gasteiger partial charge on any atom is 0.309 e. The minimum absolute atomic E-state index is 0.196. The Hall–Kier alpha value is -2.62. The molecule has 2 N–H and O–H groups in total. The summed E-state index contributed by atoms with van der Waals surface area (Å²) in [7, 11) is 0. The van der Waals surface area contributed by atoms with Crippen LogP contribution >= 0.6 is 0 Å². The van der Waals surface area contributed by atoms with Crippen molar-refractivity contribution in [1.82, 2.24) is 10.6 Å². The fourth-order valence-corrected chi connectivity index (χ4v) is 2.31. The van der Waals surface area contributed by atoms with Crippen LogP contribution in [0.3, 0.4) is 0 Å². The molecule has 4 nitrogen and oxygen atoms in total. The van der Waals surface area contributed by atoms with Crippen LogP contribution in [0.15, 0.2) is 60.7 Å². The molecule has 0 spiro atoms. The van der Waals surface area contributed by atoms with Crippen molar-refractivity contribution in [2.45, 2.75) is 25.8 Å². The third-order valence-corrected chi connectivity index (χ3v) is 3.62. The van der Waals surface area contributed by atoms with Crippen LogP contribution in [-0.4, -0.2) is 18.4 Å². The van der Waals surface area contributed by atoms with Gasteiger partial charge >= 0.3 is 11.8 Å². The standard InChI is InChI=1S/C19H22N2O2/c1-15(17-12-6-3-7-13-17)21-19(23)18(22)20-14-8-11-16-9-4-2-5-10-16/h2-7,9-10,12-13,15H,8,11,14H2,1H3,(H,20,22)(H,21,23). The van der Waals surface area contributed by atoms with Crippen molar-refractivity contribution in [3.05, 3.63) is 71.8 Å². The normalized spacial score (nSPS) is 11.5. The van der Waals surface area contributed by atoms with Crippen LogP contribution < -0.4 is 10.6 Å². The Bertz CT molecular complexity index is 626. The van der Waals surface area contributed by atoms with Crippen LogP contribution in [0, 0.1) is 0 Å². The monoisotopic (exact) mass is 310 g/mol. The van der Waals surface area contributed by atoms with Gasteiger partial charge in [0.05, 0.1) is 6.04 Å². The molecule has 0 aliphatic rings. The smallest absolute Gasteiger partial charge is 0.309 e. The first-order chi connectivity index (χ1) is 11.2. The Morgan fingerprint density at radius 3 is 2.17 bits per heavy atom. The van der Waals surface area contributed by atoms with Gasteiger partial charge in [0.2, 0.25) is 0 Å². The topological polar surface area (TPSA) is 58.2 Å². The van der Waals surface area contributed by atoms with E-state index in [9.17, 15) is 9.59 Å². The number of rotatable bonds is 6. The zero-order valence-electron chi connectivity index (χ0n) is 13.3. The number of aryl methyl sites for hydroxylation is 1. The summed E-state index contributed by atoms with van der Waals surface area (Å²) >= 11 is 0. The highest BCUT2D eigenvalue weighted by Gasteiger charge is 2.16. The fraction of sp³-hybridized carbons (Fsp3) is 0.263. The molecule has 120 valence electrons. The van der Waals surface area contributed by atoms with E-state index < -0.39 is 11.8 Å². The van der Waals surface area contributed by atoms with Gasteiger partial charge in [0.15, 0.2) is 0 Å². The van der Waals surface area contributed by atoms with E-state index in [4.69, 9.17) is 0 Å². The van der Waals surface area contributed by atoms with Gasteiger partial charge in [-0.25, -0.2) is 0 Å². The molecule has 4 heteroatoms. The maximum atomic E-state index is 11.9. The summed E-state index contributed by atoms with van der Waals surface area (Å²) in [4.78, 5) is 23.7. The van der Waals surface area contributed by atoms with Crippen molar-refractivity contribution in [3.8, 4) is 0 Å². The van der Waals surface area contributed by atoms with Crippen molar-refractivity contribution in [2.24, 2.45) is 0 Å². The highest BCUT2D eigenvalue weighted by atomic mass is 16.2. The zero-order chi connectivity index (χ0) is 16.5. The number of hydrogen-bond acceptors (Lipinski definition) is 2. The minimum Gasteiger partial charge on any atom is -0.348 e. The number of carbonyl (C=O) groups excluding carboxylic acids is 2. The molecule has 2 amide bonds. The molecule has 0 aliphatic heterocycles. The lowest BCUT2D eigenvalue weighted by atomic mass is 10.1. The van der Waals surface area contributed by atoms with E-state index in [1.807, 2.05) is 55.5 Å². The SMILES string of the molecule is CC(NC(=O)C(=O)NCCCc1ccccc1)c1ccccc1. The van der Waals surface area contributed by atoms with E-state index in [1.54, 1.807) is 0 Å². The molecule has 2 rings (SSSR count). The Labute approximate surface area is 136 Å². The molecule has 0 saturated carbocycles. The lowest BCUT2D eigenvalue weighted by molar-refractivity contribution is -0.139. The molecule has 0 saturated heterocycles. The van der Waals surface area contributed by atoms with Crippen LogP contribution in [-0.2, 0) is 16.0 Å². The molecule has 2 aromatic rings. The number of nitrogens with one attached hydrogen (secondary N) is 2. The van der Waals surface area contributed by atoms with E-state index in [-0.39, 0.29) is 6.04 Å². The van der Waals surface area contributed by atoms with Crippen LogP contribution in [0.2, 0.25) is 0 Å². The molecule has 0 fully saturated rings. The van der Waals surface area contributed by atoms with Gasteiger partial charge in [-0.05, 0) is 30.9 Å². The third-order valence-electron chi connectivity index (χ3n) is 3.62. The quantitative estimate of drug-likeness (QED) is 0.636. The number of carbonyl (C=O) groups is 2. The molecule has 1 atom stereocenters. The summed E-state index contributed by atoms with van der Waals surface area (Å²) < 4.78 is 0. The molecule has 1 unspecified atom stereocenters. The minimum atomic E-state index is -0.596. The summed E-state index contributed by atoms with van der Waals surface area (Å²) in [5.74, 6) is -1.18. The number of hydrogen-bond donors (Lipinski definition) is 2. The van der Waals surface area contributed by atoms with Gasteiger partial charge in [-0.1, -0.05) is 60.7 Å². The van der Waals surface area contributed by atoms with Crippen molar-refractivity contribution < 1.29 is 9.59 Å². The van der Waals surface area contributed by atoms with Gasteiger partial charge in [0, 0.05) is 6.54 Å². The third kappa shape index (κ3) is 5.58. The van der Waals surface area contributed by atoms with E-state index in [2.05, 4.69) is 22.8 Å². The number of amides is 2. The van der Waals surface area contributed by atoms with Gasteiger partial charge in [-0.3, -0.25) is 9.59 Å². The molecule has 2 aromatic carbocycles. The molecule has 0 heterocycles. The predicted octanol–water partition coefficient (Wildman–Crippen LogP) is 2.61. The second-order valence-electron chi connectivity index (χ2n) is 5.45. The van der Waals surface area contributed by atoms with E-state index >= 15 is 0 Å². The van der Waals surface area contributed by atoms with Crippen molar-refractivity contribution in [3.63, 3.8) is 0 Å². The average molecular weight is 310 g/mol. The lowest BCUT2D eigenvalue weighted by Gasteiger charge is -2.14. The van der Waals surface area contributed by atoms with E-state index in [0.29, 0.717) is 6.54 Å². The summed E-state index contributed by atoms with van der Waals surface area (Å²) in [5, 5.41) is 5.36. The van der Waals surface area contributed by atoms with E-state index in [1.165, 1.54) is 5.56 Å².